The van der Waals surface area contributed by atoms with E-state index in [0.29, 0.717) is 30.9 Å². The molecule has 0 unspecified atom stereocenters. The van der Waals surface area contributed by atoms with Gasteiger partial charge in [0.1, 0.15) is 29.5 Å². The van der Waals surface area contributed by atoms with Gasteiger partial charge in [0.05, 0.1) is 17.3 Å². The number of nitrogens with two attached hydrogens (primary N) is 1. The Balaban J connectivity index is 1.52. The Labute approximate surface area is 249 Å². The number of carbonyl (C=O) groups excluding carboxylic acids is 1. The third kappa shape index (κ3) is 7.42. The number of likely N-dealkylation sites (tertiary alicyclic amines) is 1. The van der Waals surface area contributed by atoms with E-state index in [1.54, 1.807) is 6.07 Å². The zero-order chi connectivity index (χ0) is 31.6. The van der Waals surface area contributed by atoms with Crippen molar-refractivity contribution >= 4 is 27.8 Å². The van der Waals surface area contributed by atoms with Gasteiger partial charge in [0, 0.05) is 18.3 Å². The quantitative estimate of drug-likeness (QED) is 0.340. The van der Waals surface area contributed by atoms with Crippen LogP contribution in [0.3, 0.4) is 0 Å². The molecule has 0 spiro atoms. The number of aromatic nitrogens is 2. The van der Waals surface area contributed by atoms with Crippen LogP contribution >= 0.6 is 0 Å². The smallest absolute Gasteiger partial charge is 0.406 e. The molecule has 1 saturated carbocycles. The van der Waals surface area contributed by atoms with E-state index in [1.165, 1.54) is 41.7 Å². The molecule has 1 aliphatic carbocycles. The SMILES string of the molecule is NS(=O)(=O)OC(=O)c1cc(F)c(N(c2ccncn2)[C@H]2CC[C@H](c3cccc(OC(F)(F)F)c3)C[C@@H]2N2CCCC2)cc1F. The highest BCUT2D eigenvalue weighted by atomic mass is 32.2. The zero-order valence-electron chi connectivity index (χ0n) is 23.1. The molecule has 44 heavy (non-hydrogen) atoms. The van der Waals surface area contributed by atoms with Crippen LogP contribution in [0.1, 0.15) is 53.9 Å². The summed E-state index contributed by atoms with van der Waals surface area (Å²) in [6, 6.07) is 7.93. The average molecular weight is 642 g/mol. The van der Waals surface area contributed by atoms with E-state index >= 15 is 8.78 Å². The minimum Gasteiger partial charge on any atom is -0.406 e. The molecule has 236 valence electrons. The lowest BCUT2D eigenvalue weighted by Gasteiger charge is -2.46. The Kier molecular flexibility index (Phi) is 9.04. The van der Waals surface area contributed by atoms with Crippen LogP contribution < -0.4 is 14.8 Å². The van der Waals surface area contributed by atoms with Gasteiger partial charge >= 0.3 is 22.6 Å². The molecule has 3 aromatic rings. The van der Waals surface area contributed by atoms with Gasteiger partial charge in [-0.05, 0) is 80.9 Å². The minimum absolute atomic E-state index is 0.155. The monoisotopic (exact) mass is 641 g/mol. The molecule has 0 bridgehead atoms. The number of ether oxygens (including phenoxy) is 1. The molecule has 2 heterocycles. The van der Waals surface area contributed by atoms with Crippen molar-refractivity contribution in [2.24, 2.45) is 5.14 Å². The normalized spacial score (nSPS) is 21.2. The van der Waals surface area contributed by atoms with Crippen molar-refractivity contribution in [1.82, 2.24) is 14.9 Å². The standard InChI is InChI=1S/C28H28F5N5O5S/c29-21-15-24(22(30)14-20(21)27(39)43-44(34,40)41)38(26-8-9-35-16-36-26)23-7-6-18(13-25(23)37-10-1-2-11-37)17-4-3-5-19(12-17)42-28(31,32)33/h3-5,8-9,12,14-16,18,23,25H,1-2,6-7,10-11,13H2,(H2,34,40,41)/t18-,23-,25-/m0/s1. The largest absolute Gasteiger partial charge is 0.573 e. The van der Waals surface area contributed by atoms with Gasteiger partial charge < -0.3 is 13.8 Å². The predicted octanol–water partition coefficient (Wildman–Crippen LogP) is 4.95. The van der Waals surface area contributed by atoms with Crippen LogP contribution in [0.15, 0.2) is 55.0 Å². The maximum atomic E-state index is 15.8. The number of hydrogen-bond donors (Lipinski definition) is 1. The van der Waals surface area contributed by atoms with Crippen molar-refractivity contribution in [3.8, 4) is 5.75 Å². The lowest BCUT2D eigenvalue weighted by molar-refractivity contribution is -0.274. The van der Waals surface area contributed by atoms with Gasteiger partial charge in [-0.1, -0.05) is 12.1 Å². The number of anilines is 2. The fourth-order valence-corrected chi connectivity index (χ4v) is 6.39. The first-order valence-corrected chi connectivity index (χ1v) is 15.2. The molecule has 2 aliphatic rings. The Hall–Kier alpha value is -3.89. The first kappa shape index (κ1) is 31.5. The summed E-state index contributed by atoms with van der Waals surface area (Å²) >= 11 is 0. The summed E-state index contributed by atoms with van der Waals surface area (Å²) in [5.41, 5.74) is -0.567. The Morgan fingerprint density at radius 2 is 1.80 bits per heavy atom. The van der Waals surface area contributed by atoms with Crippen molar-refractivity contribution in [3.05, 3.63) is 77.8 Å². The summed E-state index contributed by atoms with van der Waals surface area (Å²) in [6.07, 6.45) is 1.08. The summed E-state index contributed by atoms with van der Waals surface area (Å²) in [7, 11) is -4.78. The van der Waals surface area contributed by atoms with Gasteiger partial charge in [0.15, 0.2) is 0 Å². The minimum atomic E-state index is -4.84. The Morgan fingerprint density at radius 3 is 2.45 bits per heavy atom. The molecule has 1 aliphatic heterocycles. The van der Waals surface area contributed by atoms with E-state index < -0.39 is 45.9 Å². The van der Waals surface area contributed by atoms with Crippen molar-refractivity contribution in [2.45, 2.75) is 56.5 Å². The molecule has 0 radical (unpaired) electrons. The van der Waals surface area contributed by atoms with Gasteiger partial charge in [0.2, 0.25) is 0 Å². The number of rotatable bonds is 8. The summed E-state index contributed by atoms with van der Waals surface area (Å²) < 4.78 is 100. The Morgan fingerprint density at radius 1 is 1.05 bits per heavy atom. The molecule has 10 nitrogen and oxygen atoms in total. The summed E-state index contributed by atoms with van der Waals surface area (Å²) in [6.45, 7) is 1.47. The van der Waals surface area contributed by atoms with E-state index in [0.717, 1.165) is 32.0 Å². The fourth-order valence-electron chi connectivity index (χ4n) is 6.09. The average Bonchev–Trinajstić information content (AvgIpc) is 3.49. The highest BCUT2D eigenvalue weighted by molar-refractivity contribution is 7.84. The fraction of sp³-hybridized carbons (Fsp3) is 0.393. The number of carbonyl (C=O) groups is 1. The highest BCUT2D eigenvalue weighted by Gasteiger charge is 2.41. The van der Waals surface area contributed by atoms with Crippen LogP contribution in [0.25, 0.3) is 0 Å². The number of alkyl halides is 3. The van der Waals surface area contributed by atoms with Gasteiger partial charge in [-0.15, -0.1) is 13.2 Å². The molecular formula is C28H28F5N5O5S. The second-order valence-electron chi connectivity index (χ2n) is 10.6. The first-order valence-electron chi connectivity index (χ1n) is 13.7. The van der Waals surface area contributed by atoms with Crippen molar-refractivity contribution in [1.29, 1.82) is 0 Å². The second kappa shape index (κ2) is 12.6. The number of benzene rings is 2. The zero-order valence-corrected chi connectivity index (χ0v) is 23.9. The molecule has 2 aromatic carbocycles. The number of nitrogens with zero attached hydrogens (tertiary/aromatic N) is 4. The van der Waals surface area contributed by atoms with Crippen LogP contribution in [-0.4, -0.2) is 60.8 Å². The van der Waals surface area contributed by atoms with Gasteiger partial charge in [0.25, 0.3) is 0 Å². The number of halogens is 5. The first-order chi connectivity index (χ1) is 20.8. The van der Waals surface area contributed by atoms with Crippen molar-refractivity contribution in [2.75, 3.05) is 18.0 Å². The highest BCUT2D eigenvalue weighted by Crippen LogP contribution is 2.43. The van der Waals surface area contributed by atoms with Gasteiger partial charge in [-0.25, -0.2) is 23.5 Å². The molecule has 0 amide bonds. The van der Waals surface area contributed by atoms with Crippen LogP contribution in [0.2, 0.25) is 0 Å². The van der Waals surface area contributed by atoms with E-state index in [2.05, 4.69) is 23.8 Å². The maximum Gasteiger partial charge on any atom is 0.573 e. The van der Waals surface area contributed by atoms with Crippen LogP contribution in [0.4, 0.5) is 33.5 Å². The van der Waals surface area contributed by atoms with Gasteiger partial charge in [-0.3, -0.25) is 4.90 Å². The van der Waals surface area contributed by atoms with Crippen LogP contribution in [-0.2, 0) is 14.5 Å². The molecular weight excluding hydrogens is 613 g/mol. The third-order valence-corrected chi connectivity index (χ3v) is 8.19. The molecule has 5 rings (SSSR count). The molecule has 1 aromatic heterocycles. The Bertz CT molecular complexity index is 1610. The van der Waals surface area contributed by atoms with Gasteiger partial charge in [-0.2, -0.15) is 13.6 Å². The van der Waals surface area contributed by atoms with Crippen LogP contribution in [0.5, 0.6) is 5.75 Å². The second-order valence-corrected chi connectivity index (χ2v) is 11.7. The van der Waals surface area contributed by atoms with E-state index in [4.69, 9.17) is 5.14 Å². The molecule has 2 N–H and O–H groups in total. The van der Waals surface area contributed by atoms with Crippen molar-refractivity contribution < 1.29 is 44.1 Å². The lowest BCUT2D eigenvalue weighted by atomic mass is 9.77. The molecule has 1 saturated heterocycles. The van der Waals surface area contributed by atoms with E-state index in [1.807, 2.05) is 0 Å². The summed E-state index contributed by atoms with van der Waals surface area (Å²) in [4.78, 5) is 24.1. The van der Waals surface area contributed by atoms with Crippen molar-refractivity contribution in [3.63, 3.8) is 0 Å². The summed E-state index contributed by atoms with van der Waals surface area (Å²) in [5.74, 6) is -4.22. The lowest BCUT2D eigenvalue weighted by Crippen LogP contribution is -2.53. The van der Waals surface area contributed by atoms with Crippen LogP contribution in [0, 0.1) is 11.6 Å². The topological polar surface area (TPSA) is 128 Å². The third-order valence-electron chi connectivity index (χ3n) is 7.81. The molecule has 3 atom stereocenters. The number of hydrogen-bond acceptors (Lipinski definition) is 9. The van der Waals surface area contributed by atoms with E-state index in [-0.39, 0.29) is 29.2 Å². The predicted molar refractivity (Wildman–Crippen MR) is 147 cm³/mol. The summed E-state index contributed by atoms with van der Waals surface area (Å²) in [5, 5.41) is 4.71. The molecule has 16 heteroatoms. The van der Waals surface area contributed by atoms with E-state index in [9.17, 15) is 26.4 Å². The molecule has 2 fully saturated rings. The maximum absolute atomic E-state index is 15.8.